The zero-order valence-electron chi connectivity index (χ0n) is 12.0. The predicted octanol–water partition coefficient (Wildman–Crippen LogP) is 3.21. The Labute approximate surface area is 157 Å². The van der Waals surface area contributed by atoms with Gasteiger partial charge >= 0.3 is 5.97 Å². The largest absolute Gasteiger partial charge is 0.464 e. The van der Waals surface area contributed by atoms with Gasteiger partial charge in [-0.1, -0.05) is 30.3 Å². The maximum atomic E-state index is 12.6. The molecule has 0 spiro atoms. The Balaban J connectivity index is 0.00000176. The summed E-state index contributed by atoms with van der Waals surface area (Å²) >= 11 is 0. The van der Waals surface area contributed by atoms with Gasteiger partial charge in [-0.2, -0.15) is 0 Å². The number of ketones is 1. The Hall–Kier alpha value is -1.62. The van der Waals surface area contributed by atoms with Crippen molar-refractivity contribution in [3.63, 3.8) is 0 Å². The number of carbonyl (C=O) groups is 2. The molecule has 0 fully saturated rings. The van der Waals surface area contributed by atoms with Gasteiger partial charge in [0, 0.05) is 55.6 Å². The first-order chi connectivity index (χ1) is 10.1. The Morgan fingerprint density at radius 1 is 1.05 bits per heavy atom. The molecule has 0 unspecified atom stereocenters. The van der Waals surface area contributed by atoms with Crippen LogP contribution in [-0.4, -0.2) is 49.5 Å². The second kappa shape index (κ2) is 7.09. The molecule has 0 bridgehead atoms. The van der Waals surface area contributed by atoms with Crippen molar-refractivity contribution >= 4 is 60.5 Å². The first-order valence-electron chi connectivity index (χ1n) is 6.44. The number of furan rings is 1. The molecule has 0 amide bonds. The van der Waals surface area contributed by atoms with Crippen molar-refractivity contribution in [1.29, 1.82) is 0 Å². The third-order valence-electron chi connectivity index (χ3n) is 3.07. The molecule has 0 saturated carbocycles. The molecule has 2 aromatic carbocycles. The van der Waals surface area contributed by atoms with Crippen LogP contribution in [0.2, 0.25) is 0 Å². The van der Waals surface area contributed by atoms with Gasteiger partial charge in [-0.15, -0.1) is 0 Å². The summed E-state index contributed by atoms with van der Waals surface area (Å²) in [6.45, 7) is 1.32. The fourth-order valence-electron chi connectivity index (χ4n) is 2.19. The minimum absolute atomic E-state index is 0. The van der Waals surface area contributed by atoms with E-state index in [2.05, 4.69) is 0 Å². The van der Waals surface area contributed by atoms with Crippen LogP contribution >= 0.6 is 0 Å². The number of esters is 1. The van der Waals surface area contributed by atoms with Crippen molar-refractivity contribution < 1.29 is 18.7 Å². The quantitative estimate of drug-likeness (QED) is 0.322. The summed E-state index contributed by atoms with van der Waals surface area (Å²) in [5.74, 6) is -0.281. The van der Waals surface area contributed by atoms with Crippen molar-refractivity contribution in [2.75, 3.05) is 0 Å². The second-order valence-corrected chi connectivity index (χ2v) is 4.60. The molecule has 106 valence electrons. The molecule has 1 aromatic heterocycles. The zero-order valence-corrected chi connectivity index (χ0v) is 14.2. The van der Waals surface area contributed by atoms with Crippen molar-refractivity contribution in [3.8, 4) is 5.75 Å². The van der Waals surface area contributed by atoms with Gasteiger partial charge in [0.2, 0.25) is 0 Å². The predicted molar refractivity (Wildman–Crippen MR) is 83.2 cm³/mol. The molecular formula is C17H12CaO4. The van der Waals surface area contributed by atoms with Gasteiger partial charge in [-0.05, 0) is 18.2 Å². The molecule has 0 aliphatic carbocycles. The molecule has 1 heterocycles. The van der Waals surface area contributed by atoms with Gasteiger partial charge in [0.15, 0.2) is 5.78 Å². The molecule has 3 aromatic rings. The van der Waals surface area contributed by atoms with Crippen LogP contribution in [0.3, 0.4) is 0 Å². The molecule has 5 heteroatoms. The molecule has 22 heavy (non-hydrogen) atoms. The number of hydrogen-bond donors (Lipinski definition) is 0. The minimum atomic E-state index is -0.434. The maximum Gasteiger partial charge on any atom is 0.308 e. The topological polar surface area (TPSA) is 56.5 Å². The minimum Gasteiger partial charge on any atom is -0.464 e. The summed E-state index contributed by atoms with van der Waals surface area (Å²) in [6.07, 6.45) is 1.50. The number of rotatable bonds is 3. The van der Waals surface area contributed by atoms with Gasteiger partial charge in [0.05, 0.1) is 11.8 Å². The molecule has 0 N–H and O–H groups in total. The van der Waals surface area contributed by atoms with Crippen molar-refractivity contribution in [1.82, 2.24) is 0 Å². The number of ether oxygens (including phenoxy) is 1. The molecule has 0 atom stereocenters. The van der Waals surface area contributed by atoms with Crippen LogP contribution in [0.25, 0.3) is 11.0 Å². The number of fused-ring (bicyclic) bond motifs is 1. The van der Waals surface area contributed by atoms with E-state index in [0.29, 0.717) is 27.8 Å². The van der Waals surface area contributed by atoms with Crippen LogP contribution in [0.15, 0.2) is 59.2 Å². The van der Waals surface area contributed by atoms with Crippen molar-refractivity contribution in [2.24, 2.45) is 0 Å². The van der Waals surface area contributed by atoms with Crippen LogP contribution in [-0.2, 0) is 4.79 Å². The Bertz CT molecular complexity index is 821. The van der Waals surface area contributed by atoms with Gasteiger partial charge in [-0.3, -0.25) is 9.59 Å². The normalized spacial score (nSPS) is 10.0. The molecule has 0 aliphatic heterocycles. The molecule has 3 rings (SSSR count). The third kappa shape index (κ3) is 3.40. The summed E-state index contributed by atoms with van der Waals surface area (Å²) < 4.78 is 10.5. The van der Waals surface area contributed by atoms with Gasteiger partial charge in [-0.25, -0.2) is 0 Å². The standard InChI is InChI=1S/C17H12O4.Ca/c1-11(18)21-14-9-13-7-8-20-17(13)15(10-14)16(19)12-5-3-2-4-6-12;/h2-10H,1H3;. The first kappa shape index (κ1) is 16.7. The SMILES string of the molecule is CC(=O)Oc1cc(C(=O)c2ccccc2)c2occc2c1.[Ca]. The molecular weight excluding hydrogens is 308 g/mol. The van der Waals surface area contributed by atoms with Gasteiger partial charge < -0.3 is 9.15 Å². The Kier molecular flexibility index (Phi) is 5.40. The smallest absolute Gasteiger partial charge is 0.308 e. The monoisotopic (exact) mass is 320 g/mol. The van der Waals surface area contributed by atoms with E-state index in [-0.39, 0.29) is 43.5 Å². The van der Waals surface area contributed by atoms with Crippen LogP contribution in [0.5, 0.6) is 5.75 Å². The van der Waals surface area contributed by atoms with Crippen LogP contribution in [0.1, 0.15) is 22.8 Å². The first-order valence-corrected chi connectivity index (χ1v) is 6.44. The van der Waals surface area contributed by atoms with Crippen LogP contribution in [0.4, 0.5) is 0 Å². The average Bonchev–Trinajstić information content (AvgIpc) is 2.94. The summed E-state index contributed by atoms with van der Waals surface area (Å²) in [6, 6.07) is 13.8. The van der Waals surface area contributed by atoms with Crippen LogP contribution in [0, 0.1) is 0 Å². The van der Waals surface area contributed by atoms with Crippen molar-refractivity contribution in [2.45, 2.75) is 6.92 Å². The van der Waals surface area contributed by atoms with Crippen LogP contribution < -0.4 is 4.74 Å². The van der Waals surface area contributed by atoms with E-state index in [4.69, 9.17) is 9.15 Å². The van der Waals surface area contributed by atoms with Gasteiger partial charge in [0.1, 0.15) is 11.3 Å². The van der Waals surface area contributed by atoms with E-state index in [0.717, 1.165) is 0 Å². The zero-order chi connectivity index (χ0) is 14.8. The Morgan fingerprint density at radius 3 is 2.45 bits per heavy atom. The molecule has 0 saturated heterocycles. The number of carbonyl (C=O) groups excluding carboxylic acids is 2. The molecule has 2 radical (unpaired) electrons. The number of benzene rings is 2. The van der Waals surface area contributed by atoms with E-state index in [1.165, 1.54) is 19.3 Å². The van der Waals surface area contributed by atoms with Gasteiger partial charge in [0.25, 0.3) is 0 Å². The molecule has 0 aliphatic rings. The fraction of sp³-hybridized carbons (Fsp3) is 0.0588. The Morgan fingerprint density at radius 2 is 1.77 bits per heavy atom. The van der Waals surface area contributed by atoms with E-state index in [1.54, 1.807) is 36.4 Å². The summed E-state index contributed by atoms with van der Waals surface area (Å²) in [7, 11) is 0. The second-order valence-electron chi connectivity index (χ2n) is 4.60. The van der Waals surface area contributed by atoms with Crippen molar-refractivity contribution in [3.05, 3.63) is 65.9 Å². The summed E-state index contributed by atoms with van der Waals surface area (Å²) in [5, 5.41) is 0.716. The summed E-state index contributed by atoms with van der Waals surface area (Å²) in [4.78, 5) is 23.7. The fourth-order valence-corrected chi connectivity index (χ4v) is 2.19. The average molecular weight is 320 g/mol. The maximum absolute atomic E-state index is 12.6. The number of hydrogen-bond acceptors (Lipinski definition) is 4. The van der Waals surface area contributed by atoms with E-state index in [1.807, 2.05) is 6.07 Å². The van der Waals surface area contributed by atoms with E-state index >= 15 is 0 Å². The van der Waals surface area contributed by atoms with E-state index < -0.39 is 5.97 Å². The third-order valence-corrected chi connectivity index (χ3v) is 3.07. The van der Waals surface area contributed by atoms with E-state index in [9.17, 15) is 9.59 Å². The summed E-state index contributed by atoms with van der Waals surface area (Å²) in [5.41, 5.74) is 1.41. The molecule has 4 nitrogen and oxygen atoms in total.